The summed E-state index contributed by atoms with van der Waals surface area (Å²) < 4.78 is 20.4. The predicted molar refractivity (Wildman–Crippen MR) is 127 cm³/mol. The minimum atomic E-state index is -0.464. The van der Waals surface area contributed by atoms with Crippen LogP contribution in [0.4, 0.5) is 4.39 Å². The molecule has 1 amide bonds. The zero-order valence-corrected chi connectivity index (χ0v) is 19.4. The molecule has 0 saturated carbocycles. The number of allylic oxidation sites excluding steroid dienone is 1. The molecule has 1 aromatic carbocycles. The molecular formula is C24H27ClFN5O3. The summed E-state index contributed by atoms with van der Waals surface area (Å²) in [5.74, 6) is -0.0513. The highest BCUT2D eigenvalue weighted by atomic mass is 35.5. The Morgan fingerprint density at radius 2 is 2.06 bits per heavy atom. The Kier molecular flexibility index (Phi) is 6.42. The summed E-state index contributed by atoms with van der Waals surface area (Å²) in [6.45, 7) is 1.13. The molecule has 10 heteroatoms. The first-order valence-corrected chi connectivity index (χ1v) is 11.9. The van der Waals surface area contributed by atoms with E-state index in [1.54, 1.807) is 6.20 Å². The van der Waals surface area contributed by atoms with Gasteiger partial charge in [0.25, 0.3) is 5.91 Å². The van der Waals surface area contributed by atoms with Crippen LogP contribution in [0.2, 0.25) is 0 Å². The van der Waals surface area contributed by atoms with Gasteiger partial charge in [0.05, 0.1) is 36.0 Å². The molecule has 180 valence electrons. The van der Waals surface area contributed by atoms with E-state index in [1.165, 1.54) is 29.3 Å². The summed E-state index contributed by atoms with van der Waals surface area (Å²) >= 11 is 5.89. The summed E-state index contributed by atoms with van der Waals surface area (Å²) in [6.07, 6.45) is 6.64. The lowest BCUT2D eigenvalue weighted by Gasteiger charge is -2.38. The summed E-state index contributed by atoms with van der Waals surface area (Å²) in [5, 5.41) is 21.1. The molecule has 8 nitrogen and oxygen atoms in total. The zero-order valence-electron chi connectivity index (χ0n) is 18.6. The van der Waals surface area contributed by atoms with Gasteiger partial charge in [-0.3, -0.25) is 9.69 Å². The van der Waals surface area contributed by atoms with Crippen LogP contribution in [0.25, 0.3) is 0 Å². The number of hydrogen-bond acceptors (Lipinski definition) is 7. The Morgan fingerprint density at radius 3 is 2.74 bits per heavy atom. The van der Waals surface area contributed by atoms with Gasteiger partial charge in [0.1, 0.15) is 23.5 Å². The molecule has 1 unspecified atom stereocenters. The number of hydrogen-bond donors (Lipinski definition) is 3. The van der Waals surface area contributed by atoms with Crippen molar-refractivity contribution >= 4 is 29.4 Å². The van der Waals surface area contributed by atoms with Crippen molar-refractivity contribution in [3.8, 4) is 5.75 Å². The van der Waals surface area contributed by atoms with Gasteiger partial charge in [0.2, 0.25) is 0 Å². The largest absolute Gasteiger partial charge is 0.489 e. The van der Waals surface area contributed by atoms with Crippen LogP contribution in [0.15, 0.2) is 45.8 Å². The van der Waals surface area contributed by atoms with Crippen molar-refractivity contribution in [1.82, 2.24) is 15.1 Å². The fraction of sp³-hybridized carbons (Fsp3) is 0.458. The quantitative estimate of drug-likeness (QED) is 0.592. The second kappa shape index (κ2) is 9.48. The summed E-state index contributed by atoms with van der Waals surface area (Å²) in [5.41, 5.74) is 1.19. The van der Waals surface area contributed by atoms with Gasteiger partial charge in [-0.25, -0.2) is 9.38 Å². The van der Waals surface area contributed by atoms with Crippen LogP contribution in [-0.2, 0) is 0 Å². The van der Waals surface area contributed by atoms with E-state index in [9.17, 15) is 14.3 Å². The van der Waals surface area contributed by atoms with E-state index < -0.39 is 5.82 Å². The number of ether oxygens (including phenoxy) is 1. The lowest BCUT2D eigenvalue weighted by molar-refractivity contribution is 0.0382. The topological polar surface area (TPSA) is 101 Å². The van der Waals surface area contributed by atoms with Crippen LogP contribution < -0.4 is 10.1 Å². The first-order valence-electron chi connectivity index (χ1n) is 11.5. The minimum Gasteiger partial charge on any atom is -0.489 e. The van der Waals surface area contributed by atoms with Crippen LogP contribution in [0.5, 0.6) is 5.75 Å². The van der Waals surface area contributed by atoms with Gasteiger partial charge in [-0.1, -0.05) is 11.6 Å². The fourth-order valence-electron chi connectivity index (χ4n) is 5.41. The number of rotatable bonds is 5. The van der Waals surface area contributed by atoms with E-state index >= 15 is 0 Å². The predicted octanol–water partition coefficient (Wildman–Crippen LogP) is 2.63. The number of halogens is 2. The number of carbonyl (C=O) groups is 1. The second-order valence-corrected chi connectivity index (χ2v) is 9.53. The minimum absolute atomic E-state index is 0.118. The van der Waals surface area contributed by atoms with Crippen molar-refractivity contribution in [1.29, 1.82) is 5.41 Å². The lowest BCUT2D eigenvalue weighted by Crippen LogP contribution is -2.47. The maximum absolute atomic E-state index is 14.1. The van der Waals surface area contributed by atoms with Crippen molar-refractivity contribution in [2.24, 2.45) is 4.99 Å². The Morgan fingerprint density at radius 1 is 1.29 bits per heavy atom. The van der Waals surface area contributed by atoms with E-state index in [2.05, 4.69) is 15.2 Å². The number of piperidine rings is 1. The molecular weight excluding hydrogens is 461 g/mol. The first-order chi connectivity index (χ1) is 16.4. The Bertz CT molecular complexity index is 1090. The number of nitrogens with zero attached hydrogens (tertiary/aromatic N) is 3. The van der Waals surface area contributed by atoms with Crippen LogP contribution >= 0.6 is 11.6 Å². The van der Waals surface area contributed by atoms with Gasteiger partial charge in [-0.15, -0.1) is 0 Å². The van der Waals surface area contributed by atoms with Crippen molar-refractivity contribution in [2.45, 2.75) is 43.9 Å². The highest BCUT2D eigenvalue weighted by Gasteiger charge is 2.41. The second-order valence-electron chi connectivity index (χ2n) is 9.10. The highest BCUT2D eigenvalue weighted by Crippen LogP contribution is 2.38. The maximum atomic E-state index is 14.1. The number of nitrogens with one attached hydrogen (secondary N) is 2. The Balaban J connectivity index is 1.33. The van der Waals surface area contributed by atoms with Gasteiger partial charge < -0.3 is 25.5 Å². The molecule has 34 heavy (non-hydrogen) atoms. The number of likely N-dealkylation sites (tertiary alicyclic amines) is 1. The molecule has 0 aliphatic carbocycles. The molecule has 3 saturated heterocycles. The number of amides is 1. The van der Waals surface area contributed by atoms with E-state index in [0.717, 1.165) is 25.7 Å². The average molecular weight is 488 g/mol. The summed E-state index contributed by atoms with van der Waals surface area (Å²) in [4.78, 5) is 21.5. The monoisotopic (exact) mass is 487 g/mol. The SMILES string of the molecule is N=C1CN(C(=O)c2ccc(F)cc2O[C@@H]2CC3CC[C@H](C2)N3CCO)C/C1=C1\N=CC(Cl)=CN1. The normalized spacial score (nSPS) is 28.8. The molecule has 4 heterocycles. The zero-order chi connectivity index (χ0) is 23.8. The number of aliphatic hydroxyl groups is 1. The van der Waals surface area contributed by atoms with Crippen molar-refractivity contribution in [2.75, 3.05) is 26.2 Å². The molecule has 4 aliphatic heterocycles. The first kappa shape index (κ1) is 23.0. The number of aliphatic hydroxyl groups excluding tert-OH is 1. The van der Waals surface area contributed by atoms with E-state index in [4.69, 9.17) is 21.7 Å². The van der Waals surface area contributed by atoms with Gasteiger partial charge in [-0.05, 0) is 37.8 Å². The highest BCUT2D eigenvalue weighted by molar-refractivity contribution is 6.39. The third-order valence-electron chi connectivity index (χ3n) is 6.97. The molecule has 3 N–H and O–H groups in total. The van der Waals surface area contributed by atoms with E-state index in [1.807, 2.05) is 0 Å². The number of fused-ring (bicyclic) bond motifs is 2. The van der Waals surface area contributed by atoms with Crippen LogP contribution in [0.3, 0.4) is 0 Å². The van der Waals surface area contributed by atoms with Crippen LogP contribution in [0, 0.1) is 11.2 Å². The molecule has 3 atom stereocenters. The third-order valence-corrected chi connectivity index (χ3v) is 7.17. The Hall–Kier alpha value is -2.75. The molecule has 3 fully saturated rings. The van der Waals surface area contributed by atoms with Crippen molar-refractivity contribution in [3.63, 3.8) is 0 Å². The smallest absolute Gasteiger partial charge is 0.258 e. The summed E-state index contributed by atoms with van der Waals surface area (Å²) in [7, 11) is 0. The van der Waals surface area contributed by atoms with Gasteiger partial charge >= 0.3 is 0 Å². The van der Waals surface area contributed by atoms with E-state index in [-0.39, 0.29) is 48.7 Å². The number of benzene rings is 1. The van der Waals surface area contributed by atoms with Gasteiger partial charge in [0.15, 0.2) is 0 Å². The van der Waals surface area contributed by atoms with Gasteiger partial charge in [-0.2, -0.15) is 0 Å². The maximum Gasteiger partial charge on any atom is 0.258 e. The van der Waals surface area contributed by atoms with Crippen LogP contribution in [-0.4, -0.2) is 77.2 Å². The molecule has 4 aliphatic rings. The molecule has 5 rings (SSSR count). The standard InChI is InChI=1S/C24H27ClFN5O3/c25-14-10-28-23(29-11-14)20-12-30(13-21(20)27)24(33)19-4-1-15(26)7-22(19)34-18-8-16-2-3-17(9-18)31(16)5-6-32/h1,4,7,10-11,16-18,27-28,32H,2-3,5-6,8-9,12-13H2/b23-20+,27-21?/t16-,17?,18+/m1/s1. The van der Waals surface area contributed by atoms with Gasteiger partial charge in [0, 0.05) is 42.7 Å². The van der Waals surface area contributed by atoms with Crippen LogP contribution in [0.1, 0.15) is 36.0 Å². The van der Waals surface area contributed by atoms with Crippen molar-refractivity contribution in [3.05, 3.63) is 52.2 Å². The molecule has 0 spiro atoms. The lowest BCUT2D eigenvalue weighted by atomic mass is 9.99. The molecule has 1 aromatic rings. The molecule has 0 aromatic heterocycles. The number of aliphatic imine (C=N–C) groups is 1. The third kappa shape index (κ3) is 4.47. The average Bonchev–Trinajstić information content (AvgIpc) is 3.30. The Labute approximate surface area is 202 Å². The van der Waals surface area contributed by atoms with E-state index in [0.29, 0.717) is 35.1 Å². The van der Waals surface area contributed by atoms with Crippen molar-refractivity contribution < 1.29 is 19.0 Å². The molecule has 0 radical (unpaired) electrons. The molecule has 2 bridgehead atoms. The summed E-state index contributed by atoms with van der Waals surface area (Å²) in [6, 6.07) is 4.66. The number of carbonyl (C=O) groups excluding carboxylic acids is 1. The fourth-order valence-corrected chi connectivity index (χ4v) is 5.52.